The van der Waals surface area contributed by atoms with Crippen LogP contribution in [0.4, 0.5) is 0 Å². The van der Waals surface area contributed by atoms with E-state index in [4.69, 9.17) is 11.6 Å². The van der Waals surface area contributed by atoms with Crippen molar-refractivity contribution >= 4 is 21.6 Å². The molecule has 0 saturated carbocycles. The number of hydrogen-bond acceptors (Lipinski definition) is 3. The van der Waals surface area contributed by atoms with Gasteiger partial charge in [-0.2, -0.15) is 4.31 Å². The Morgan fingerprint density at radius 2 is 1.66 bits per heavy atom. The molecule has 1 aliphatic rings. The number of aryl methyl sites for hydroxylation is 1. The minimum absolute atomic E-state index is 0.0634. The molecule has 0 amide bonds. The topological polar surface area (TPSA) is 40.6 Å². The summed E-state index contributed by atoms with van der Waals surface area (Å²) in [6.07, 6.45) is 2.03. The third-order valence-electron chi connectivity index (χ3n) is 6.05. The first-order chi connectivity index (χ1) is 15.3. The minimum atomic E-state index is -3.24. The molecular weight excluding hydrogens is 440 g/mol. The van der Waals surface area contributed by atoms with Gasteiger partial charge in [-0.25, -0.2) is 8.42 Å². The first-order valence-electron chi connectivity index (χ1n) is 10.9. The highest BCUT2D eigenvalue weighted by Crippen LogP contribution is 2.29. The van der Waals surface area contributed by atoms with Crippen LogP contribution in [0.3, 0.4) is 0 Å². The molecule has 3 aromatic carbocycles. The highest BCUT2D eigenvalue weighted by Gasteiger charge is 2.32. The van der Waals surface area contributed by atoms with Crippen molar-refractivity contribution in [1.82, 2.24) is 9.21 Å². The van der Waals surface area contributed by atoms with E-state index in [9.17, 15) is 8.42 Å². The smallest absolute Gasteiger partial charge is 0.211 e. The van der Waals surface area contributed by atoms with Crippen molar-refractivity contribution in [1.29, 1.82) is 0 Å². The van der Waals surface area contributed by atoms with E-state index >= 15 is 0 Å². The summed E-state index contributed by atoms with van der Waals surface area (Å²) in [6.45, 7) is 4.82. The number of rotatable bonds is 6. The van der Waals surface area contributed by atoms with Crippen LogP contribution in [0.25, 0.3) is 11.1 Å². The lowest BCUT2D eigenvalue weighted by atomic mass is 10.0. The molecule has 1 atom stereocenters. The zero-order valence-corrected chi connectivity index (χ0v) is 20.1. The quantitative estimate of drug-likeness (QED) is 0.511. The van der Waals surface area contributed by atoms with Gasteiger partial charge in [-0.05, 0) is 42.2 Å². The molecule has 1 heterocycles. The summed E-state index contributed by atoms with van der Waals surface area (Å²) in [5.41, 5.74) is 5.70. The van der Waals surface area contributed by atoms with Crippen LogP contribution in [0.5, 0.6) is 0 Å². The van der Waals surface area contributed by atoms with E-state index in [1.54, 1.807) is 4.31 Å². The fraction of sp³-hybridized carbons (Fsp3) is 0.308. The van der Waals surface area contributed by atoms with Gasteiger partial charge in [0.05, 0.1) is 6.26 Å². The third kappa shape index (κ3) is 5.59. The molecule has 32 heavy (non-hydrogen) atoms. The zero-order chi connectivity index (χ0) is 22.7. The van der Waals surface area contributed by atoms with E-state index in [-0.39, 0.29) is 6.04 Å². The van der Waals surface area contributed by atoms with Crippen LogP contribution in [-0.2, 0) is 23.0 Å². The summed E-state index contributed by atoms with van der Waals surface area (Å²) in [6, 6.07) is 24.6. The van der Waals surface area contributed by atoms with E-state index in [1.165, 1.54) is 17.4 Å². The van der Waals surface area contributed by atoms with Crippen molar-refractivity contribution in [3.63, 3.8) is 0 Å². The highest BCUT2D eigenvalue weighted by atomic mass is 35.5. The maximum Gasteiger partial charge on any atom is 0.211 e. The summed E-state index contributed by atoms with van der Waals surface area (Å²) in [7, 11) is -3.24. The van der Waals surface area contributed by atoms with Crippen molar-refractivity contribution in [2.45, 2.75) is 25.9 Å². The van der Waals surface area contributed by atoms with Gasteiger partial charge in [0, 0.05) is 42.8 Å². The molecule has 4 rings (SSSR count). The minimum Gasteiger partial charge on any atom is -0.296 e. The van der Waals surface area contributed by atoms with Gasteiger partial charge < -0.3 is 0 Å². The Morgan fingerprint density at radius 1 is 0.938 bits per heavy atom. The highest BCUT2D eigenvalue weighted by molar-refractivity contribution is 7.88. The van der Waals surface area contributed by atoms with E-state index < -0.39 is 10.0 Å². The molecule has 0 unspecified atom stereocenters. The second-order valence-electron chi connectivity index (χ2n) is 8.63. The van der Waals surface area contributed by atoms with Crippen molar-refractivity contribution in [2.75, 3.05) is 25.9 Å². The predicted molar refractivity (Wildman–Crippen MR) is 132 cm³/mol. The lowest BCUT2D eigenvalue weighted by Crippen LogP contribution is -2.55. The van der Waals surface area contributed by atoms with Crippen LogP contribution >= 0.6 is 11.6 Å². The van der Waals surface area contributed by atoms with Gasteiger partial charge in [-0.1, -0.05) is 77.8 Å². The number of halogens is 1. The molecule has 4 nitrogen and oxygen atoms in total. The molecular formula is C26H29ClN2O2S. The lowest BCUT2D eigenvalue weighted by Gasteiger charge is -2.40. The van der Waals surface area contributed by atoms with Crippen LogP contribution < -0.4 is 0 Å². The molecule has 0 radical (unpaired) electrons. The second-order valence-corrected chi connectivity index (χ2v) is 11.0. The summed E-state index contributed by atoms with van der Waals surface area (Å²) >= 11 is 6.40. The van der Waals surface area contributed by atoms with Crippen LogP contribution in [0.2, 0.25) is 5.02 Å². The Bertz CT molecular complexity index is 1160. The Labute approximate surface area is 196 Å². The molecule has 1 saturated heterocycles. The van der Waals surface area contributed by atoms with E-state index in [0.717, 1.165) is 41.2 Å². The molecule has 0 aliphatic carbocycles. The van der Waals surface area contributed by atoms with E-state index in [0.29, 0.717) is 13.1 Å². The Balaban J connectivity index is 1.47. The fourth-order valence-electron chi connectivity index (χ4n) is 4.44. The van der Waals surface area contributed by atoms with Gasteiger partial charge in [0.15, 0.2) is 0 Å². The fourth-order valence-corrected chi connectivity index (χ4v) is 5.77. The van der Waals surface area contributed by atoms with Crippen LogP contribution in [0.1, 0.15) is 16.7 Å². The summed E-state index contributed by atoms with van der Waals surface area (Å²) in [4.78, 5) is 2.35. The van der Waals surface area contributed by atoms with Gasteiger partial charge in [-0.3, -0.25) is 4.90 Å². The largest absolute Gasteiger partial charge is 0.296 e. The summed E-state index contributed by atoms with van der Waals surface area (Å²) < 4.78 is 26.4. The average Bonchev–Trinajstić information content (AvgIpc) is 2.76. The van der Waals surface area contributed by atoms with Gasteiger partial charge >= 0.3 is 0 Å². The Kier molecular flexibility index (Phi) is 7.01. The van der Waals surface area contributed by atoms with Crippen molar-refractivity contribution < 1.29 is 8.42 Å². The molecule has 6 heteroatoms. The monoisotopic (exact) mass is 468 g/mol. The normalized spacial score (nSPS) is 18.0. The first-order valence-corrected chi connectivity index (χ1v) is 13.1. The molecule has 1 aliphatic heterocycles. The van der Waals surface area contributed by atoms with E-state index in [1.807, 2.05) is 30.3 Å². The standard InChI is InChI=1S/C26H29ClN2O2S/c1-20-8-13-26(27)25(16-20)23-11-9-22(10-12-23)18-28-14-15-29(32(2,30)31)24(19-28)17-21-6-4-3-5-7-21/h3-13,16,24H,14-15,17-19H2,1-2H3/t24-/m0/s1. The van der Waals surface area contributed by atoms with Crippen molar-refractivity contribution in [3.05, 3.63) is 94.5 Å². The molecule has 0 spiro atoms. The van der Waals surface area contributed by atoms with Crippen LogP contribution in [0.15, 0.2) is 72.8 Å². The molecule has 168 valence electrons. The molecule has 0 N–H and O–H groups in total. The van der Waals surface area contributed by atoms with Crippen molar-refractivity contribution in [2.24, 2.45) is 0 Å². The maximum absolute atomic E-state index is 12.4. The third-order valence-corrected chi connectivity index (χ3v) is 7.71. The van der Waals surface area contributed by atoms with Gasteiger partial charge in [0.1, 0.15) is 0 Å². The molecule has 1 fully saturated rings. The molecule has 0 aromatic heterocycles. The summed E-state index contributed by atoms with van der Waals surface area (Å²) in [5, 5.41) is 0.754. The predicted octanol–water partition coefficient (Wildman–Crippen LogP) is 5.00. The number of nitrogens with zero attached hydrogens (tertiary/aromatic N) is 2. The average molecular weight is 469 g/mol. The van der Waals surface area contributed by atoms with Gasteiger partial charge in [-0.15, -0.1) is 0 Å². The molecule has 3 aromatic rings. The first kappa shape index (κ1) is 23.0. The van der Waals surface area contributed by atoms with Gasteiger partial charge in [0.25, 0.3) is 0 Å². The maximum atomic E-state index is 12.4. The SMILES string of the molecule is Cc1ccc(Cl)c(-c2ccc(CN3CCN(S(C)(=O)=O)[C@@H](Cc4ccccc4)C3)cc2)c1. The Morgan fingerprint density at radius 3 is 2.34 bits per heavy atom. The van der Waals surface area contributed by atoms with Crippen LogP contribution in [-0.4, -0.2) is 49.6 Å². The lowest BCUT2D eigenvalue weighted by molar-refractivity contribution is 0.129. The number of benzene rings is 3. The molecule has 0 bridgehead atoms. The van der Waals surface area contributed by atoms with Crippen LogP contribution in [0, 0.1) is 6.92 Å². The van der Waals surface area contributed by atoms with Gasteiger partial charge in [0.2, 0.25) is 10.0 Å². The zero-order valence-electron chi connectivity index (χ0n) is 18.5. The van der Waals surface area contributed by atoms with E-state index in [2.05, 4.69) is 54.3 Å². The number of sulfonamides is 1. The number of hydrogen-bond donors (Lipinski definition) is 0. The Hall–Kier alpha value is -2.18. The van der Waals surface area contributed by atoms with Crippen molar-refractivity contribution in [3.8, 4) is 11.1 Å². The summed E-state index contributed by atoms with van der Waals surface area (Å²) in [5.74, 6) is 0. The number of piperazine rings is 1. The second kappa shape index (κ2) is 9.75.